The van der Waals surface area contributed by atoms with Crippen LogP contribution in [0, 0.1) is 6.92 Å². The largest absolute Gasteiger partial charge is 0.348 e. The van der Waals surface area contributed by atoms with Crippen LogP contribution in [0.5, 0.6) is 0 Å². The van der Waals surface area contributed by atoms with E-state index in [4.69, 9.17) is 0 Å². The van der Waals surface area contributed by atoms with E-state index in [9.17, 15) is 4.79 Å². The Labute approximate surface area is 147 Å². The lowest BCUT2D eigenvalue weighted by Gasteiger charge is -2.12. The Balaban J connectivity index is 1.75. The van der Waals surface area contributed by atoms with Gasteiger partial charge in [0.2, 0.25) is 0 Å². The maximum atomic E-state index is 13.0. The van der Waals surface area contributed by atoms with Gasteiger partial charge in [-0.05, 0) is 40.1 Å². The topological polar surface area (TPSA) is 29.1 Å². The third-order valence-electron chi connectivity index (χ3n) is 4.57. The average Bonchev–Trinajstić information content (AvgIpc) is 2.65. The van der Waals surface area contributed by atoms with Crippen LogP contribution in [0.4, 0.5) is 0 Å². The highest BCUT2D eigenvalue weighted by atomic mass is 16.1. The van der Waals surface area contributed by atoms with Gasteiger partial charge in [-0.25, -0.2) is 0 Å². The molecule has 0 saturated heterocycles. The number of rotatable bonds is 3. The first kappa shape index (κ1) is 15.4. The fraction of sp³-hybridized carbons (Fsp3) is 0.0870. The van der Waals surface area contributed by atoms with Crippen LogP contribution in [-0.2, 0) is 6.54 Å². The van der Waals surface area contributed by atoms with Crippen molar-refractivity contribution in [3.05, 3.63) is 95.6 Å². The molecule has 25 heavy (non-hydrogen) atoms. The highest BCUT2D eigenvalue weighted by Gasteiger charge is 2.14. The maximum Gasteiger partial charge on any atom is 0.252 e. The van der Waals surface area contributed by atoms with E-state index in [1.54, 1.807) is 0 Å². The fourth-order valence-corrected chi connectivity index (χ4v) is 3.23. The van der Waals surface area contributed by atoms with Gasteiger partial charge in [-0.15, -0.1) is 0 Å². The number of nitrogens with one attached hydrogen (secondary N) is 1. The van der Waals surface area contributed by atoms with E-state index >= 15 is 0 Å². The molecular weight excluding hydrogens is 306 g/mol. The molecule has 0 aliphatic rings. The summed E-state index contributed by atoms with van der Waals surface area (Å²) in [7, 11) is 0. The minimum absolute atomic E-state index is 0.0337. The van der Waals surface area contributed by atoms with E-state index in [0.29, 0.717) is 6.54 Å². The summed E-state index contributed by atoms with van der Waals surface area (Å²) in [5, 5.41) is 7.23. The van der Waals surface area contributed by atoms with Crippen LogP contribution in [0.25, 0.3) is 21.5 Å². The molecule has 0 fully saturated rings. The normalized spacial score (nSPS) is 10.9. The molecule has 1 amide bonds. The van der Waals surface area contributed by atoms with Crippen molar-refractivity contribution < 1.29 is 4.79 Å². The standard InChI is InChI=1S/C23H19NO/c1-16-10-12-17(13-11-16)15-24-23(25)22-20-8-4-2-6-18(20)14-19-7-3-5-9-21(19)22/h2-14H,15H2,1H3,(H,24,25). The van der Waals surface area contributed by atoms with Crippen molar-refractivity contribution in [3.8, 4) is 0 Å². The molecule has 0 saturated carbocycles. The molecule has 4 aromatic rings. The number of amides is 1. The molecule has 1 N–H and O–H groups in total. The van der Waals surface area contributed by atoms with Crippen LogP contribution in [0.3, 0.4) is 0 Å². The third kappa shape index (κ3) is 2.99. The molecule has 122 valence electrons. The number of carbonyl (C=O) groups excluding carboxylic acids is 1. The summed E-state index contributed by atoms with van der Waals surface area (Å²) < 4.78 is 0. The van der Waals surface area contributed by atoms with Crippen LogP contribution in [-0.4, -0.2) is 5.91 Å². The first-order chi connectivity index (χ1) is 12.2. The second kappa shape index (κ2) is 6.40. The van der Waals surface area contributed by atoms with Crippen LogP contribution >= 0.6 is 0 Å². The number of aryl methyl sites for hydroxylation is 1. The molecule has 2 nitrogen and oxygen atoms in total. The molecule has 0 bridgehead atoms. The zero-order chi connectivity index (χ0) is 17.2. The Kier molecular flexibility index (Phi) is 3.95. The average molecular weight is 325 g/mol. The SMILES string of the molecule is Cc1ccc(CNC(=O)c2c3ccccc3cc3ccccc23)cc1. The maximum absolute atomic E-state index is 13.0. The van der Waals surface area contributed by atoms with Crippen molar-refractivity contribution >= 4 is 27.5 Å². The van der Waals surface area contributed by atoms with Crippen molar-refractivity contribution in [2.24, 2.45) is 0 Å². The van der Waals surface area contributed by atoms with E-state index in [1.807, 2.05) is 36.4 Å². The summed E-state index contributed by atoms with van der Waals surface area (Å²) in [6, 6.07) is 26.5. The lowest BCUT2D eigenvalue weighted by Crippen LogP contribution is -2.23. The molecular formula is C23H19NO. The van der Waals surface area contributed by atoms with E-state index in [-0.39, 0.29) is 5.91 Å². The smallest absolute Gasteiger partial charge is 0.252 e. The first-order valence-corrected chi connectivity index (χ1v) is 8.46. The summed E-state index contributed by atoms with van der Waals surface area (Å²) in [6.45, 7) is 2.58. The van der Waals surface area contributed by atoms with Crippen molar-refractivity contribution in [1.82, 2.24) is 5.32 Å². The molecule has 4 aromatic carbocycles. The Bertz CT molecular complexity index is 1010. The first-order valence-electron chi connectivity index (χ1n) is 8.46. The highest BCUT2D eigenvalue weighted by molar-refractivity contribution is 6.18. The van der Waals surface area contributed by atoms with Gasteiger partial charge in [-0.3, -0.25) is 4.79 Å². The monoisotopic (exact) mass is 325 g/mol. The summed E-state index contributed by atoms with van der Waals surface area (Å²) in [5.41, 5.74) is 3.07. The number of fused-ring (bicyclic) bond motifs is 2. The predicted octanol–water partition coefficient (Wildman–Crippen LogP) is 5.23. The predicted molar refractivity (Wildman–Crippen MR) is 104 cm³/mol. The molecule has 0 atom stereocenters. The summed E-state index contributed by atoms with van der Waals surface area (Å²) in [5.74, 6) is -0.0337. The number of benzene rings is 4. The van der Waals surface area contributed by atoms with Crippen LogP contribution in [0.1, 0.15) is 21.5 Å². The van der Waals surface area contributed by atoms with Gasteiger partial charge in [0.25, 0.3) is 5.91 Å². The van der Waals surface area contributed by atoms with Gasteiger partial charge in [0.05, 0.1) is 5.56 Å². The molecule has 0 spiro atoms. The molecule has 2 heteroatoms. The van der Waals surface area contributed by atoms with E-state index in [0.717, 1.165) is 32.7 Å². The Morgan fingerprint density at radius 3 is 1.96 bits per heavy atom. The highest BCUT2D eigenvalue weighted by Crippen LogP contribution is 2.28. The molecule has 0 aromatic heterocycles. The minimum Gasteiger partial charge on any atom is -0.348 e. The summed E-state index contributed by atoms with van der Waals surface area (Å²) in [4.78, 5) is 13.0. The second-order valence-corrected chi connectivity index (χ2v) is 6.36. The van der Waals surface area contributed by atoms with E-state index < -0.39 is 0 Å². The van der Waals surface area contributed by atoms with Gasteiger partial charge in [0.1, 0.15) is 0 Å². The van der Waals surface area contributed by atoms with Gasteiger partial charge in [-0.2, -0.15) is 0 Å². The molecule has 4 rings (SSSR count). The minimum atomic E-state index is -0.0337. The summed E-state index contributed by atoms with van der Waals surface area (Å²) >= 11 is 0. The van der Waals surface area contributed by atoms with Crippen LogP contribution in [0.15, 0.2) is 78.9 Å². The van der Waals surface area contributed by atoms with Gasteiger partial charge < -0.3 is 5.32 Å². The van der Waals surface area contributed by atoms with Gasteiger partial charge in [0, 0.05) is 6.54 Å². The van der Waals surface area contributed by atoms with Crippen molar-refractivity contribution in [2.45, 2.75) is 13.5 Å². The van der Waals surface area contributed by atoms with Crippen LogP contribution < -0.4 is 5.32 Å². The van der Waals surface area contributed by atoms with E-state index in [1.165, 1.54) is 5.56 Å². The van der Waals surface area contributed by atoms with Crippen LogP contribution in [0.2, 0.25) is 0 Å². The fourth-order valence-electron chi connectivity index (χ4n) is 3.23. The summed E-state index contributed by atoms with van der Waals surface area (Å²) in [6.07, 6.45) is 0. The molecule has 0 heterocycles. The van der Waals surface area contributed by atoms with Gasteiger partial charge >= 0.3 is 0 Å². The van der Waals surface area contributed by atoms with Crippen molar-refractivity contribution in [1.29, 1.82) is 0 Å². The van der Waals surface area contributed by atoms with Crippen molar-refractivity contribution in [3.63, 3.8) is 0 Å². The van der Waals surface area contributed by atoms with Crippen molar-refractivity contribution in [2.75, 3.05) is 0 Å². The third-order valence-corrected chi connectivity index (χ3v) is 4.57. The quantitative estimate of drug-likeness (QED) is 0.513. The molecule has 0 aliphatic carbocycles. The Morgan fingerprint density at radius 2 is 1.36 bits per heavy atom. The zero-order valence-corrected chi connectivity index (χ0v) is 14.1. The molecule has 0 radical (unpaired) electrons. The lowest BCUT2D eigenvalue weighted by atomic mass is 9.96. The second-order valence-electron chi connectivity index (χ2n) is 6.36. The number of hydrogen-bond acceptors (Lipinski definition) is 1. The van der Waals surface area contributed by atoms with E-state index in [2.05, 4.69) is 54.7 Å². The number of carbonyl (C=O) groups is 1. The Hall–Kier alpha value is -3.13. The molecule has 0 aliphatic heterocycles. The zero-order valence-electron chi connectivity index (χ0n) is 14.1. The Morgan fingerprint density at radius 1 is 0.800 bits per heavy atom. The number of hydrogen-bond donors (Lipinski definition) is 1. The molecule has 0 unspecified atom stereocenters. The van der Waals surface area contributed by atoms with Gasteiger partial charge in [-0.1, -0.05) is 78.4 Å². The lowest BCUT2D eigenvalue weighted by molar-refractivity contribution is 0.0954. The van der Waals surface area contributed by atoms with Gasteiger partial charge in [0.15, 0.2) is 0 Å².